The van der Waals surface area contributed by atoms with Crippen molar-refractivity contribution in [1.82, 2.24) is 5.32 Å². The Bertz CT molecular complexity index is 480. The molecule has 1 aliphatic heterocycles. The van der Waals surface area contributed by atoms with Gasteiger partial charge in [0.25, 0.3) is 0 Å². The van der Waals surface area contributed by atoms with Crippen molar-refractivity contribution in [1.29, 1.82) is 0 Å². The SMILES string of the molecule is CC(C)(C)NCC(O)COc1cccc2c1SCC=C2. The van der Waals surface area contributed by atoms with Crippen LogP contribution < -0.4 is 10.1 Å². The molecule has 0 saturated heterocycles. The maximum Gasteiger partial charge on any atom is 0.133 e. The summed E-state index contributed by atoms with van der Waals surface area (Å²) in [6.45, 7) is 7.08. The largest absolute Gasteiger partial charge is 0.490 e. The minimum atomic E-state index is -0.505. The van der Waals surface area contributed by atoms with Crippen LogP contribution in [0.15, 0.2) is 29.2 Å². The topological polar surface area (TPSA) is 41.5 Å². The first-order valence-corrected chi connectivity index (χ1v) is 7.92. The van der Waals surface area contributed by atoms with Gasteiger partial charge in [-0.1, -0.05) is 24.3 Å². The number of fused-ring (bicyclic) bond motifs is 1. The maximum absolute atomic E-state index is 9.97. The summed E-state index contributed by atoms with van der Waals surface area (Å²) in [6.07, 6.45) is 3.77. The Hall–Kier alpha value is -0.970. The molecule has 3 nitrogen and oxygen atoms in total. The lowest BCUT2D eigenvalue weighted by atomic mass is 10.1. The molecular formula is C16H23NO2S. The first kappa shape index (κ1) is 15.4. The van der Waals surface area contributed by atoms with Crippen LogP contribution in [-0.2, 0) is 0 Å². The quantitative estimate of drug-likeness (QED) is 0.876. The van der Waals surface area contributed by atoms with Gasteiger partial charge in [-0.05, 0) is 32.4 Å². The second-order valence-electron chi connectivity index (χ2n) is 5.98. The second kappa shape index (κ2) is 6.66. The normalized spacial score (nSPS) is 15.8. The number of thioether (sulfide) groups is 1. The van der Waals surface area contributed by atoms with Gasteiger partial charge in [-0.25, -0.2) is 0 Å². The third-order valence-electron chi connectivity index (χ3n) is 2.93. The van der Waals surface area contributed by atoms with E-state index in [1.807, 2.05) is 12.1 Å². The minimum absolute atomic E-state index is 0.00748. The van der Waals surface area contributed by atoms with Crippen molar-refractivity contribution in [3.63, 3.8) is 0 Å². The summed E-state index contributed by atoms with van der Waals surface area (Å²) < 4.78 is 5.79. The lowest BCUT2D eigenvalue weighted by Gasteiger charge is -2.23. The summed E-state index contributed by atoms with van der Waals surface area (Å²) >= 11 is 1.78. The molecule has 0 saturated carbocycles. The molecule has 1 aromatic rings. The van der Waals surface area contributed by atoms with Crippen molar-refractivity contribution in [2.45, 2.75) is 37.3 Å². The van der Waals surface area contributed by atoms with Crippen molar-refractivity contribution in [2.75, 3.05) is 18.9 Å². The first-order valence-electron chi connectivity index (χ1n) is 6.94. The van der Waals surface area contributed by atoms with E-state index in [4.69, 9.17) is 4.74 Å². The number of ether oxygens (including phenoxy) is 1. The molecule has 2 rings (SSSR count). The van der Waals surface area contributed by atoms with Crippen LogP contribution >= 0.6 is 11.8 Å². The summed E-state index contributed by atoms with van der Waals surface area (Å²) in [5.74, 6) is 1.84. The van der Waals surface area contributed by atoms with Crippen LogP contribution in [0.25, 0.3) is 6.08 Å². The Morgan fingerprint density at radius 3 is 2.95 bits per heavy atom. The van der Waals surface area contributed by atoms with E-state index in [2.05, 4.69) is 44.3 Å². The predicted molar refractivity (Wildman–Crippen MR) is 85.5 cm³/mol. The molecule has 2 N–H and O–H groups in total. The van der Waals surface area contributed by atoms with Gasteiger partial charge in [-0.2, -0.15) is 0 Å². The summed E-state index contributed by atoms with van der Waals surface area (Å²) in [6, 6.07) is 6.04. The first-order chi connectivity index (χ1) is 9.46. The van der Waals surface area contributed by atoms with E-state index in [9.17, 15) is 5.11 Å². The van der Waals surface area contributed by atoms with Gasteiger partial charge in [0, 0.05) is 17.8 Å². The van der Waals surface area contributed by atoms with Gasteiger partial charge >= 0.3 is 0 Å². The number of β-amino-alcohol motifs (C(OH)–C–C–N with tert-alkyl or cyclic N) is 1. The zero-order valence-corrected chi connectivity index (χ0v) is 13.2. The predicted octanol–water partition coefficient (Wildman–Crippen LogP) is 2.93. The Balaban J connectivity index is 1.90. The van der Waals surface area contributed by atoms with E-state index in [1.54, 1.807) is 11.8 Å². The molecule has 1 aromatic carbocycles. The van der Waals surface area contributed by atoms with E-state index in [-0.39, 0.29) is 5.54 Å². The molecule has 1 aliphatic rings. The summed E-state index contributed by atoms with van der Waals surface area (Å²) in [5, 5.41) is 13.2. The molecule has 0 fully saturated rings. The van der Waals surface area contributed by atoms with Gasteiger partial charge in [0.2, 0.25) is 0 Å². The number of hydrogen-bond acceptors (Lipinski definition) is 4. The molecular weight excluding hydrogens is 270 g/mol. The molecule has 4 heteroatoms. The number of aliphatic hydroxyl groups excluding tert-OH is 1. The third-order valence-corrected chi connectivity index (χ3v) is 4.01. The van der Waals surface area contributed by atoms with Crippen molar-refractivity contribution in [3.05, 3.63) is 29.8 Å². The Morgan fingerprint density at radius 2 is 2.20 bits per heavy atom. The van der Waals surface area contributed by atoms with E-state index in [0.717, 1.165) is 11.5 Å². The average Bonchev–Trinajstić information content (AvgIpc) is 2.42. The highest BCUT2D eigenvalue weighted by Crippen LogP contribution is 2.36. The monoisotopic (exact) mass is 293 g/mol. The number of rotatable bonds is 5. The lowest BCUT2D eigenvalue weighted by molar-refractivity contribution is 0.0987. The Labute approximate surface area is 125 Å². The number of aliphatic hydroxyl groups is 1. The van der Waals surface area contributed by atoms with Gasteiger partial charge in [-0.15, -0.1) is 11.8 Å². The highest BCUT2D eigenvalue weighted by molar-refractivity contribution is 7.99. The zero-order chi connectivity index (χ0) is 14.6. The third kappa shape index (κ3) is 4.54. The summed E-state index contributed by atoms with van der Waals surface area (Å²) in [7, 11) is 0. The van der Waals surface area contributed by atoms with Crippen molar-refractivity contribution in [3.8, 4) is 5.75 Å². The summed E-state index contributed by atoms with van der Waals surface area (Å²) in [4.78, 5) is 1.17. The number of benzene rings is 1. The second-order valence-corrected chi connectivity index (χ2v) is 7.01. The van der Waals surface area contributed by atoms with Gasteiger partial charge in [0.1, 0.15) is 18.5 Å². The number of hydrogen-bond donors (Lipinski definition) is 2. The molecule has 0 amide bonds. The van der Waals surface area contributed by atoms with E-state index in [0.29, 0.717) is 13.2 Å². The molecule has 20 heavy (non-hydrogen) atoms. The molecule has 0 bridgehead atoms. The van der Waals surface area contributed by atoms with Crippen LogP contribution in [0, 0.1) is 0 Å². The van der Waals surface area contributed by atoms with Gasteiger partial charge in [0.05, 0.1) is 4.90 Å². The van der Waals surface area contributed by atoms with Crippen LogP contribution in [0.1, 0.15) is 26.3 Å². The van der Waals surface area contributed by atoms with Crippen LogP contribution in [0.4, 0.5) is 0 Å². The highest BCUT2D eigenvalue weighted by atomic mass is 32.2. The van der Waals surface area contributed by atoms with Gasteiger partial charge in [0.15, 0.2) is 0 Å². The van der Waals surface area contributed by atoms with Crippen LogP contribution in [0.2, 0.25) is 0 Å². The highest BCUT2D eigenvalue weighted by Gasteiger charge is 2.15. The molecule has 0 radical (unpaired) electrons. The molecule has 0 spiro atoms. The van der Waals surface area contributed by atoms with Gasteiger partial charge < -0.3 is 15.2 Å². The van der Waals surface area contributed by atoms with E-state index >= 15 is 0 Å². The lowest BCUT2D eigenvalue weighted by Crippen LogP contribution is -2.42. The fourth-order valence-corrected chi connectivity index (χ4v) is 2.84. The molecule has 110 valence electrons. The average molecular weight is 293 g/mol. The minimum Gasteiger partial charge on any atom is -0.490 e. The molecule has 1 unspecified atom stereocenters. The summed E-state index contributed by atoms with van der Waals surface area (Å²) in [5.41, 5.74) is 1.20. The van der Waals surface area contributed by atoms with E-state index in [1.165, 1.54) is 10.5 Å². The molecule has 0 aliphatic carbocycles. The van der Waals surface area contributed by atoms with Crippen LogP contribution in [0.3, 0.4) is 0 Å². The fraction of sp³-hybridized carbons (Fsp3) is 0.500. The van der Waals surface area contributed by atoms with Crippen molar-refractivity contribution >= 4 is 17.8 Å². The van der Waals surface area contributed by atoms with Crippen molar-refractivity contribution < 1.29 is 9.84 Å². The van der Waals surface area contributed by atoms with Crippen LogP contribution in [-0.4, -0.2) is 35.7 Å². The molecule has 0 aromatic heterocycles. The van der Waals surface area contributed by atoms with E-state index < -0.39 is 6.10 Å². The molecule has 1 atom stereocenters. The Morgan fingerprint density at radius 1 is 1.40 bits per heavy atom. The molecule has 1 heterocycles. The van der Waals surface area contributed by atoms with Gasteiger partial charge in [-0.3, -0.25) is 0 Å². The number of nitrogens with one attached hydrogen (secondary N) is 1. The standard InChI is InChI=1S/C16H23NO2S/c1-16(2,3)17-10-13(18)11-19-14-8-4-6-12-7-5-9-20-15(12)14/h4-8,13,17-18H,9-11H2,1-3H3. The zero-order valence-electron chi connectivity index (χ0n) is 12.3. The smallest absolute Gasteiger partial charge is 0.133 e. The maximum atomic E-state index is 9.97. The Kier molecular flexibility index (Phi) is 5.13. The van der Waals surface area contributed by atoms with Crippen LogP contribution in [0.5, 0.6) is 5.75 Å². The van der Waals surface area contributed by atoms with Crippen molar-refractivity contribution in [2.24, 2.45) is 0 Å². The fourth-order valence-electron chi connectivity index (χ4n) is 1.91.